The van der Waals surface area contributed by atoms with Crippen LogP contribution >= 0.6 is 0 Å². The molecule has 1 spiro atoms. The van der Waals surface area contributed by atoms with Crippen molar-refractivity contribution in [2.45, 2.75) is 17.7 Å². The number of aliphatic imine (C=N–C) groups is 1. The lowest BCUT2D eigenvalue weighted by molar-refractivity contribution is 0.409. The van der Waals surface area contributed by atoms with Crippen molar-refractivity contribution < 1.29 is 4.74 Å². The van der Waals surface area contributed by atoms with E-state index in [1.54, 1.807) is 0 Å². The quantitative estimate of drug-likeness (QED) is 0.196. The molecular formula is C47H32N4O. The van der Waals surface area contributed by atoms with Crippen LogP contribution in [0.25, 0.3) is 22.3 Å². The zero-order valence-corrected chi connectivity index (χ0v) is 28.1. The Balaban J connectivity index is 1.10. The third kappa shape index (κ3) is 4.62. The third-order valence-corrected chi connectivity index (χ3v) is 10.7. The van der Waals surface area contributed by atoms with E-state index < -0.39 is 5.41 Å². The molecule has 3 aliphatic rings. The lowest BCUT2D eigenvalue weighted by atomic mass is 9.66. The molecule has 246 valence electrons. The fourth-order valence-corrected chi connectivity index (χ4v) is 8.29. The highest BCUT2D eigenvalue weighted by Gasteiger charge is 2.51. The summed E-state index contributed by atoms with van der Waals surface area (Å²) in [6.07, 6.45) is -0.457. The number of hydrogen-bond acceptors (Lipinski definition) is 5. The van der Waals surface area contributed by atoms with Crippen molar-refractivity contribution in [2.75, 3.05) is 0 Å². The molecule has 2 unspecified atom stereocenters. The Morgan fingerprint density at radius 1 is 0.538 bits per heavy atom. The van der Waals surface area contributed by atoms with Crippen molar-refractivity contribution >= 4 is 5.84 Å². The van der Waals surface area contributed by atoms with Gasteiger partial charge in [-0.1, -0.05) is 140 Å². The molecule has 2 aliphatic heterocycles. The second-order valence-electron chi connectivity index (χ2n) is 13.5. The zero-order valence-electron chi connectivity index (χ0n) is 28.1. The van der Waals surface area contributed by atoms with Crippen molar-refractivity contribution in [1.82, 2.24) is 10.6 Å². The summed E-state index contributed by atoms with van der Waals surface area (Å²) in [6, 6.07) is 61.4. The number of para-hydroxylation sites is 2. The molecule has 1 aliphatic carbocycles. The van der Waals surface area contributed by atoms with Gasteiger partial charge in [-0.05, 0) is 74.8 Å². The van der Waals surface area contributed by atoms with Gasteiger partial charge in [-0.3, -0.25) is 5.32 Å². The lowest BCUT2D eigenvalue weighted by Gasteiger charge is -2.39. The average Bonchev–Trinajstić information content (AvgIpc) is 3.51. The Morgan fingerprint density at radius 3 is 1.81 bits per heavy atom. The number of benzene rings is 7. The molecule has 0 saturated carbocycles. The molecule has 5 heteroatoms. The molecular weight excluding hydrogens is 637 g/mol. The molecule has 0 saturated heterocycles. The molecule has 2 N–H and O–H groups in total. The highest BCUT2D eigenvalue weighted by Crippen LogP contribution is 2.62. The van der Waals surface area contributed by atoms with E-state index in [2.05, 4.69) is 144 Å². The van der Waals surface area contributed by atoms with Crippen molar-refractivity contribution in [3.05, 3.63) is 214 Å². The van der Waals surface area contributed by atoms with Crippen LogP contribution < -0.4 is 15.4 Å². The highest BCUT2D eigenvalue weighted by atomic mass is 16.5. The Hall–Kier alpha value is -6.74. The van der Waals surface area contributed by atoms with Crippen LogP contribution in [0.2, 0.25) is 0 Å². The molecule has 5 nitrogen and oxygen atoms in total. The number of nitriles is 1. The van der Waals surface area contributed by atoms with Crippen molar-refractivity contribution in [3.8, 4) is 39.8 Å². The van der Waals surface area contributed by atoms with E-state index >= 15 is 0 Å². The van der Waals surface area contributed by atoms with Gasteiger partial charge in [-0.2, -0.15) is 5.26 Å². The molecule has 52 heavy (non-hydrogen) atoms. The average molecular weight is 669 g/mol. The fraction of sp³-hybridized carbons (Fsp3) is 0.0638. The molecule has 0 radical (unpaired) electrons. The van der Waals surface area contributed by atoms with Crippen molar-refractivity contribution in [3.63, 3.8) is 0 Å². The molecule has 2 heterocycles. The van der Waals surface area contributed by atoms with Crippen LogP contribution in [0, 0.1) is 11.3 Å². The number of amidine groups is 1. The minimum absolute atomic E-state index is 0.198. The molecule has 0 amide bonds. The predicted molar refractivity (Wildman–Crippen MR) is 205 cm³/mol. The second kappa shape index (κ2) is 11.9. The molecule has 2 atom stereocenters. The van der Waals surface area contributed by atoms with E-state index in [-0.39, 0.29) is 12.3 Å². The summed E-state index contributed by atoms with van der Waals surface area (Å²) in [6.45, 7) is 0. The SMILES string of the molecule is N#Cc1ccc(-c2ccc(C3NC(c4ccc5c(c4)C4(c6ccccc6Oc6ccccc64)c4ccccc4-5)=NC(c4ccccc4)N3)cc2)cc1. The maximum atomic E-state index is 9.24. The third-order valence-electron chi connectivity index (χ3n) is 10.7. The lowest BCUT2D eigenvalue weighted by Crippen LogP contribution is -2.45. The van der Waals surface area contributed by atoms with Gasteiger partial charge in [0, 0.05) is 16.7 Å². The van der Waals surface area contributed by atoms with E-state index in [0.29, 0.717) is 5.56 Å². The van der Waals surface area contributed by atoms with Crippen LogP contribution in [0.3, 0.4) is 0 Å². The van der Waals surface area contributed by atoms with Crippen LogP contribution in [0.1, 0.15) is 56.8 Å². The highest BCUT2D eigenvalue weighted by molar-refractivity contribution is 6.01. The fourth-order valence-electron chi connectivity index (χ4n) is 8.29. The van der Waals surface area contributed by atoms with E-state index in [1.807, 2.05) is 42.5 Å². The number of ether oxygens (including phenoxy) is 1. The summed E-state index contributed by atoms with van der Waals surface area (Å²) in [4.78, 5) is 5.32. The van der Waals surface area contributed by atoms with Gasteiger partial charge in [0.2, 0.25) is 0 Å². The summed E-state index contributed by atoms with van der Waals surface area (Å²) in [5.74, 6) is 2.58. The summed E-state index contributed by atoms with van der Waals surface area (Å²) in [5.41, 5.74) is 12.7. The van der Waals surface area contributed by atoms with Crippen molar-refractivity contribution in [1.29, 1.82) is 5.26 Å². The standard InChI is InChI=1S/C47H32N4O/c48-29-30-18-20-31(21-19-30)32-22-24-34(25-23-32)45-49-44(33-10-2-1-3-11-33)50-46(51-45)35-26-27-37-36-12-4-5-13-38(36)47(41(37)28-35)39-14-6-8-16-42(39)52-43-17-9-7-15-40(43)47/h1-28,44-45,49H,(H,50,51). The summed E-state index contributed by atoms with van der Waals surface area (Å²) in [7, 11) is 0. The van der Waals surface area contributed by atoms with Crippen LogP contribution in [0.5, 0.6) is 11.5 Å². The van der Waals surface area contributed by atoms with Gasteiger partial charge >= 0.3 is 0 Å². The summed E-state index contributed by atoms with van der Waals surface area (Å²) in [5, 5.41) is 16.8. The molecule has 0 fully saturated rings. The van der Waals surface area contributed by atoms with Gasteiger partial charge in [-0.15, -0.1) is 0 Å². The van der Waals surface area contributed by atoms with E-state index in [4.69, 9.17) is 9.73 Å². The number of nitrogens with zero attached hydrogens (tertiary/aromatic N) is 2. The Morgan fingerprint density at radius 2 is 1.12 bits per heavy atom. The molecule has 0 aromatic heterocycles. The number of hydrogen-bond donors (Lipinski definition) is 2. The first kappa shape index (κ1) is 30.1. The Bertz CT molecular complexity index is 2520. The topological polar surface area (TPSA) is 69.4 Å². The number of nitrogens with one attached hydrogen (secondary N) is 2. The maximum Gasteiger partial charge on any atom is 0.132 e. The summed E-state index contributed by atoms with van der Waals surface area (Å²) < 4.78 is 6.56. The molecule has 7 aromatic carbocycles. The monoisotopic (exact) mass is 668 g/mol. The molecule has 10 rings (SSSR count). The van der Waals surface area contributed by atoms with Crippen LogP contribution in [0.4, 0.5) is 0 Å². The van der Waals surface area contributed by atoms with Crippen LogP contribution in [-0.4, -0.2) is 5.84 Å². The van der Waals surface area contributed by atoms with Crippen molar-refractivity contribution in [2.24, 2.45) is 4.99 Å². The van der Waals surface area contributed by atoms with Gasteiger partial charge in [0.05, 0.1) is 17.0 Å². The summed E-state index contributed by atoms with van der Waals surface area (Å²) >= 11 is 0. The number of fused-ring (bicyclic) bond motifs is 9. The Kier molecular flexibility index (Phi) is 6.92. The van der Waals surface area contributed by atoms with Crippen LogP contribution in [-0.2, 0) is 5.41 Å². The second-order valence-corrected chi connectivity index (χ2v) is 13.5. The Labute approximate surface area is 302 Å². The normalized spacial score (nSPS) is 17.3. The first-order chi connectivity index (χ1) is 25.7. The van der Waals surface area contributed by atoms with E-state index in [0.717, 1.165) is 56.3 Å². The van der Waals surface area contributed by atoms with Gasteiger partial charge in [0.1, 0.15) is 29.7 Å². The van der Waals surface area contributed by atoms with E-state index in [1.165, 1.54) is 22.3 Å². The van der Waals surface area contributed by atoms with Gasteiger partial charge in [0.25, 0.3) is 0 Å². The van der Waals surface area contributed by atoms with Gasteiger partial charge in [0.15, 0.2) is 0 Å². The largest absolute Gasteiger partial charge is 0.457 e. The van der Waals surface area contributed by atoms with Gasteiger partial charge in [-0.25, -0.2) is 4.99 Å². The maximum absolute atomic E-state index is 9.24. The van der Waals surface area contributed by atoms with E-state index in [9.17, 15) is 5.26 Å². The minimum Gasteiger partial charge on any atom is -0.457 e. The minimum atomic E-state index is -0.555. The van der Waals surface area contributed by atoms with Crippen LogP contribution in [0.15, 0.2) is 175 Å². The predicted octanol–water partition coefficient (Wildman–Crippen LogP) is 10.0. The first-order valence-electron chi connectivity index (χ1n) is 17.6. The molecule has 7 aromatic rings. The molecule has 0 bridgehead atoms. The zero-order chi connectivity index (χ0) is 34.6. The van der Waals surface area contributed by atoms with Gasteiger partial charge < -0.3 is 10.1 Å². The number of rotatable bonds is 4. The first-order valence-corrected chi connectivity index (χ1v) is 17.6. The smallest absolute Gasteiger partial charge is 0.132 e.